The van der Waals surface area contributed by atoms with Crippen molar-refractivity contribution in [3.63, 3.8) is 0 Å². The number of rotatable bonds is 4. The van der Waals surface area contributed by atoms with Crippen molar-refractivity contribution in [2.45, 2.75) is 0 Å². The first-order chi connectivity index (χ1) is 12.3. The summed E-state index contributed by atoms with van der Waals surface area (Å²) in [7, 11) is 0. The van der Waals surface area contributed by atoms with Crippen LogP contribution in [-0.4, -0.2) is 15.0 Å². The van der Waals surface area contributed by atoms with Crippen LogP contribution in [0.15, 0.2) is 73.2 Å². The first-order valence-electron chi connectivity index (χ1n) is 7.75. The Labute approximate surface area is 144 Å². The number of pyridine rings is 1. The fourth-order valence-electron chi connectivity index (χ4n) is 2.51. The molecule has 6 heteroatoms. The quantitative estimate of drug-likeness (QED) is 0.585. The second kappa shape index (κ2) is 6.45. The van der Waals surface area contributed by atoms with E-state index in [-0.39, 0.29) is 0 Å². The van der Waals surface area contributed by atoms with E-state index in [1.807, 2.05) is 60.7 Å². The van der Waals surface area contributed by atoms with Crippen molar-refractivity contribution in [2.75, 3.05) is 11.1 Å². The lowest BCUT2D eigenvalue weighted by molar-refractivity contribution is 0.470. The van der Waals surface area contributed by atoms with Gasteiger partial charge in [-0.15, -0.1) is 0 Å². The van der Waals surface area contributed by atoms with Crippen LogP contribution in [0.2, 0.25) is 0 Å². The number of anilines is 3. The predicted octanol–water partition coefficient (Wildman–Crippen LogP) is 4.14. The highest BCUT2D eigenvalue weighted by Crippen LogP contribution is 2.34. The number of nitrogen functional groups attached to an aromatic ring is 1. The average Bonchev–Trinajstić information content (AvgIpc) is 2.66. The van der Waals surface area contributed by atoms with Gasteiger partial charge in [-0.05, 0) is 23.6 Å². The van der Waals surface area contributed by atoms with E-state index >= 15 is 0 Å². The van der Waals surface area contributed by atoms with Crippen LogP contribution in [0.4, 0.5) is 17.3 Å². The molecule has 0 amide bonds. The van der Waals surface area contributed by atoms with Crippen molar-refractivity contribution in [3.8, 4) is 11.6 Å². The molecule has 2 heterocycles. The first-order valence-corrected chi connectivity index (χ1v) is 7.75. The Hall–Kier alpha value is -3.67. The van der Waals surface area contributed by atoms with Crippen LogP contribution in [-0.2, 0) is 0 Å². The molecule has 0 saturated heterocycles. The zero-order valence-electron chi connectivity index (χ0n) is 13.3. The minimum Gasteiger partial charge on any atom is -0.436 e. The molecule has 0 aliphatic carbocycles. The molecule has 6 nitrogen and oxygen atoms in total. The third kappa shape index (κ3) is 3.05. The molecule has 0 bridgehead atoms. The zero-order chi connectivity index (χ0) is 17.1. The van der Waals surface area contributed by atoms with E-state index in [2.05, 4.69) is 20.3 Å². The van der Waals surface area contributed by atoms with Crippen molar-refractivity contribution in [1.82, 2.24) is 15.0 Å². The lowest BCUT2D eigenvalue weighted by atomic mass is 10.1. The SMILES string of the molecule is Nc1c(Nc2ccccn2)ncnc1Oc1cccc2ccccc12. The summed E-state index contributed by atoms with van der Waals surface area (Å²) in [5.74, 6) is 2.07. The Morgan fingerprint density at radius 3 is 2.56 bits per heavy atom. The molecule has 0 fully saturated rings. The minimum absolute atomic E-state index is 0.296. The Morgan fingerprint density at radius 2 is 1.68 bits per heavy atom. The van der Waals surface area contributed by atoms with Crippen LogP contribution in [0.5, 0.6) is 11.6 Å². The smallest absolute Gasteiger partial charge is 0.248 e. The van der Waals surface area contributed by atoms with E-state index in [1.165, 1.54) is 6.33 Å². The van der Waals surface area contributed by atoms with Crippen LogP contribution in [0, 0.1) is 0 Å². The number of hydrogen-bond donors (Lipinski definition) is 2. The van der Waals surface area contributed by atoms with Gasteiger partial charge in [-0.3, -0.25) is 0 Å². The largest absolute Gasteiger partial charge is 0.436 e. The maximum Gasteiger partial charge on any atom is 0.248 e. The number of ether oxygens (including phenoxy) is 1. The van der Waals surface area contributed by atoms with Crippen molar-refractivity contribution < 1.29 is 4.74 Å². The van der Waals surface area contributed by atoms with Crippen LogP contribution >= 0.6 is 0 Å². The Bertz CT molecular complexity index is 1020. The monoisotopic (exact) mass is 329 g/mol. The summed E-state index contributed by atoms with van der Waals surface area (Å²) in [5.41, 5.74) is 6.50. The molecule has 0 aliphatic rings. The summed E-state index contributed by atoms with van der Waals surface area (Å²) >= 11 is 0. The predicted molar refractivity (Wildman–Crippen MR) is 98.0 cm³/mol. The molecule has 0 aliphatic heterocycles. The van der Waals surface area contributed by atoms with Crippen molar-refractivity contribution in [2.24, 2.45) is 0 Å². The number of nitrogens with one attached hydrogen (secondary N) is 1. The van der Waals surface area contributed by atoms with E-state index < -0.39 is 0 Å². The topological polar surface area (TPSA) is 86.0 Å². The summed E-state index contributed by atoms with van der Waals surface area (Å²) in [4.78, 5) is 12.5. The molecular formula is C19H15N5O. The van der Waals surface area contributed by atoms with E-state index in [9.17, 15) is 0 Å². The van der Waals surface area contributed by atoms with Gasteiger partial charge in [-0.1, -0.05) is 42.5 Å². The normalized spacial score (nSPS) is 10.6. The number of nitrogens with zero attached hydrogens (tertiary/aromatic N) is 3. The second-order valence-corrected chi connectivity index (χ2v) is 5.36. The number of fused-ring (bicyclic) bond motifs is 1. The highest BCUT2D eigenvalue weighted by Gasteiger charge is 2.12. The van der Waals surface area contributed by atoms with Crippen molar-refractivity contribution in [1.29, 1.82) is 0 Å². The molecule has 25 heavy (non-hydrogen) atoms. The standard InChI is InChI=1S/C19H15N5O/c20-17-18(24-16-10-3-4-11-21-16)22-12-23-19(17)25-15-9-5-7-13-6-1-2-8-14(13)15/h1-12H,20H2,(H,21,22,23,24). The second-order valence-electron chi connectivity index (χ2n) is 5.36. The molecule has 4 aromatic rings. The number of aromatic nitrogens is 3. The fraction of sp³-hybridized carbons (Fsp3) is 0. The van der Waals surface area contributed by atoms with E-state index in [1.54, 1.807) is 6.20 Å². The molecular weight excluding hydrogens is 314 g/mol. The van der Waals surface area contributed by atoms with Gasteiger partial charge in [0, 0.05) is 11.6 Å². The van der Waals surface area contributed by atoms with Gasteiger partial charge in [-0.25, -0.2) is 9.97 Å². The first kappa shape index (κ1) is 14.9. The van der Waals surface area contributed by atoms with Gasteiger partial charge in [0.05, 0.1) is 0 Å². The lowest BCUT2D eigenvalue weighted by Crippen LogP contribution is -2.03. The highest BCUT2D eigenvalue weighted by atomic mass is 16.5. The van der Waals surface area contributed by atoms with Crippen LogP contribution in [0.1, 0.15) is 0 Å². The molecule has 122 valence electrons. The molecule has 0 atom stereocenters. The number of nitrogens with two attached hydrogens (primary N) is 1. The molecule has 2 aromatic heterocycles. The third-order valence-electron chi connectivity index (χ3n) is 3.71. The zero-order valence-corrected chi connectivity index (χ0v) is 13.3. The Kier molecular flexibility index (Phi) is 3.84. The summed E-state index contributed by atoms with van der Waals surface area (Å²) in [6.45, 7) is 0. The summed E-state index contributed by atoms with van der Waals surface area (Å²) in [5, 5.41) is 5.14. The van der Waals surface area contributed by atoms with Crippen molar-refractivity contribution in [3.05, 3.63) is 73.2 Å². The molecule has 0 spiro atoms. The molecule has 0 saturated carbocycles. The van der Waals surface area contributed by atoms with E-state index in [0.29, 0.717) is 29.0 Å². The van der Waals surface area contributed by atoms with E-state index in [0.717, 1.165) is 10.8 Å². The van der Waals surface area contributed by atoms with Gasteiger partial charge in [0.25, 0.3) is 0 Å². The average molecular weight is 329 g/mol. The van der Waals surface area contributed by atoms with Gasteiger partial charge in [0.1, 0.15) is 23.6 Å². The molecule has 3 N–H and O–H groups in total. The fourth-order valence-corrected chi connectivity index (χ4v) is 2.51. The lowest BCUT2D eigenvalue weighted by Gasteiger charge is -2.12. The molecule has 0 radical (unpaired) electrons. The number of benzene rings is 2. The summed E-state index contributed by atoms with van der Waals surface area (Å²) < 4.78 is 5.96. The van der Waals surface area contributed by atoms with Gasteiger partial charge in [0.2, 0.25) is 5.88 Å². The molecule has 0 unspecified atom stereocenters. The van der Waals surface area contributed by atoms with Gasteiger partial charge < -0.3 is 15.8 Å². The Balaban J connectivity index is 1.68. The maximum atomic E-state index is 6.18. The maximum absolute atomic E-state index is 6.18. The summed E-state index contributed by atoms with van der Waals surface area (Å²) in [6, 6.07) is 19.4. The Morgan fingerprint density at radius 1 is 0.840 bits per heavy atom. The number of hydrogen-bond acceptors (Lipinski definition) is 6. The summed E-state index contributed by atoms with van der Waals surface area (Å²) in [6.07, 6.45) is 3.09. The molecule has 4 rings (SSSR count). The van der Waals surface area contributed by atoms with Crippen LogP contribution in [0.3, 0.4) is 0 Å². The minimum atomic E-state index is 0.296. The van der Waals surface area contributed by atoms with E-state index in [4.69, 9.17) is 10.5 Å². The third-order valence-corrected chi connectivity index (χ3v) is 3.71. The van der Waals surface area contributed by atoms with Crippen molar-refractivity contribution >= 4 is 28.1 Å². The molecule has 2 aromatic carbocycles. The van der Waals surface area contributed by atoms with Gasteiger partial charge in [-0.2, -0.15) is 4.98 Å². The van der Waals surface area contributed by atoms with Gasteiger partial charge >= 0.3 is 0 Å². The highest BCUT2D eigenvalue weighted by molar-refractivity contribution is 5.88. The van der Waals surface area contributed by atoms with Crippen LogP contribution in [0.25, 0.3) is 10.8 Å². The van der Waals surface area contributed by atoms with Gasteiger partial charge in [0.15, 0.2) is 5.82 Å². The van der Waals surface area contributed by atoms with Crippen LogP contribution < -0.4 is 15.8 Å².